The highest BCUT2D eigenvalue weighted by Crippen LogP contribution is 2.41. The number of carbonyl (C=O) groups is 3. The van der Waals surface area contributed by atoms with Crippen molar-refractivity contribution in [3.8, 4) is 11.1 Å². The Morgan fingerprint density at radius 2 is 1.78 bits per heavy atom. The Balaban J connectivity index is 1.02. The van der Waals surface area contributed by atoms with Gasteiger partial charge in [-0.2, -0.15) is 0 Å². The number of carbonyl (C=O) groups excluding carboxylic acids is 3. The summed E-state index contributed by atoms with van der Waals surface area (Å²) in [6, 6.07) is 11.3. The third kappa shape index (κ3) is 7.82. The Labute approximate surface area is 337 Å². The molecule has 3 aromatic carbocycles. The lowest BCUT2D eigenvalue weighted by Gasteiger charge is -2.34. The molecule has 16 heteroatoms. The first-order valence-corrected chi connectivity index (χ1v) is 20.2. The summed E-state index contributed by atoms with van der Waals surface area (Å²) in [5, 5.41) is 21.1. The van der Waals surface area contributed by atoms with E-state index in [1.165, 1.54) is 22.3 Å². The van der Waals surface area contributed by atoms with Gasteiger partial charge < -0.3 is 25.1 Å². The number of halogens is 3. The van der Waals surface area contributed by atoms with Gasteiger partial charge in [0, 0.05) is 93.2 Å². The van der Waals surface area contributed by atoms with Crippen molar-refractivity contribution in [1.82, 2.24) is 35.1 Å². The van der Waals surface area contributed by atoms with Crippen molar-refractivity contribution >= 4 is 50.5 Å². The van der Waals surface area contributed by atoms with E-state index >= 15 is 13.2 Å². The second-order valence-corrected chi connectivity index (χ2v) is 16.3. The first-order valence-electron chi connectivity index (χ1n) is 19.4. The monoisotopic (exact) mass is 812 g/mol. The van der Waals surface area contributed by atoms with Crippen LogP contribution in [0.5, 0.6) is 0 Å². The van der Waals surface area contributed by atoms with E-state index in [0.717, 1.165) is 5.57 Å². The molecule has 8 rings (SSSR count). The van der Waals surface area contributed by atoms with Gasteiger partial charge in [-0.15, -0.1) is 16.4 Å². The summed E-state index contributed by atoms with van der Waals surface area (Å²) in [6.07, 6.45) is 6.63. The highest BCUT2D eigenvalue weighted by molar-refractivity contribution is 7.19. The first-order chi connectivity index (χ1) is 27.9. The lowest BCUT2D eigenvalue weighted by molar-refractivity contribution is -0.131. The minimum Gasteiger partial charge on any atom is -0.373 e. The molecule has 3 amide bonds. The fourth-order valence-corrected chi connectivity index (χ4v) is 9.31. The number of nitrogens with one attached hydrogen (secondary N) is 1. The number of rotatable bonds is 9. The normalized spacial score (nSPS) is 19.0. The molecule has 0 bridgehead atoms. The molecule has 0 spiro atoms. The van der Waals surface area contributed by atoms with Gasteiger partial charge in [0.05, 0.1) is 23.0 Å². The van der Waals surface area contributed by atoms with Crippen molar-refractivity contribution in [2.24, 2.45) is 0 Å². The van der Waals surface area contributed by atoms with Gasteiger partial charge in [-0.1, -0.05) is 29.5 Å². The summed E-state index contributed by atoms with van der Waals surface area (Å²) < 4.78 is 50.1. The van der Waals surface area contributed by atoms with Gasteiger partial charge in [0.25, 0.3) is 5.91 Å². The van der Waals surface area contributed by atoms with Crippen LogP contribution in [0.1, 0.15) is 76.9 Å². The molecule has 12 nitrogen and oxygen atoms in total. The van der Waals surface area contributed by atoms with Crippen molar-refractivity contribution in [2.45, 2.75) is 63.1 Å². The molecule has 58 heavy (non-hydrogen) atoms. The number of piperidine rings is 2. The molecule has 2 N–H and O–H groups in total. The number of hydrogen-bond acceptors (Lipinski definition) is 9. The van der Waals surface area contributed by atoms with Crippen LogP contribution in [0, 0.1) is 17.5 Å². The standard InChI is InChI=1S/C42H43F3N8O4S/c1-50(2)42(57)26-20-32(39-34(21-26)58-41(48-39)25-4-3-15-52(23-25)36(55)13-18-53-19-14-46-49-53)30-8-7-28(37(44)38(30)45)24-11-16-51(17-12-24)27-5-6-29(33(43)22-27)31-9-10-35(54)47-40(31)56/h4-8,14,19-22,24,31,40,56H,3,9-13,15-18,23H2,1-2H3,(H,47,54). The molecule has 2 atom stereocenters. The second kappa shape index (κ2) is 16.3. The molecule has 0 aliphatic carbocycles. The number of fused-ring (bicyclic) bond motifs is 1. The molecule has 2 fully saturated rings. The SMILES string of the molecule is CN(C)C(=O)c1cc(-c2ccc(C3CCN(c4ccc(C5CCC(=O)NC5O)c(F)c4)CC3)c(F)c2F)c2nc(C3=CCCN(C(=O)CCn4ccnn4)C3)sc2c1. The van der Waals surface area contributed by atoms with Crippen LogP contribution in [0.2, 0.25) is 0 Å². The number of nitrogens with zero attached hydrogens (tertiary/aromatic N) is 7. The van der Waals surface area contributed by atoms with Crippen molar-refractivity contribution in [3.05, 3.63) is 100 Å². The number of benzene rings is 3. The highest BCUT2D eigenvalue weighted by atomic mass is 32.1. The molecule has 0 saturated carbocycles. The topological polar surface area (TPSA) is 137 Å². The summed E-state index contributed by atoms with van der Waals surface area (Å²) in [5.74, 6) is -3.85. The van der Waals surface area contributed by atoms with Gasteiger partial charge in [0.1, 0.15) is 17.1 Å². The quantitative estimate of drug-likeness (QED) is 0.183. The number of amides is 3. The maximum atomic E-state index is 16.4. The molecule has 2 unspecified atom stereocenters. The Hall–Kier alpha value is -5.61. The van der Waals surface area contributed by atoms with Gasteiger partial charge in [-0.05, 0) is 67.0 Å². The number of hydrogen-bond donors (Lipinski definition) is 2. The van der Waals surface area contributed by atoms with E-state index in [0.29, 0.717) is 96.0 Å². The second-order valence-electron chi connectivity index (χ2n) is 15.3. The van der Waals surface area contributed by atoms with Crippen LogP contribution in [-0.2, 0) is 16.1 Å². The Morgan fingerprint density at radius 3 is 2.50 bits per heavy atom. The predicted molar refractivity (Wildman–Crippen MR) is 214 cm³/mol. The summed E-state index contributed by atoms with van der Waals surface area (Å²) in [7, 11) is 3.25. The predicted octanol–water partition coefficient (Wildman–Crippen LogP) is 6.08. The number of thiazole rings is 1. The van der Waals surface area contributed by atoms with E-state index in [1.54, 1.807) is 72.5 Å². The van der Waals surface area contributed by atoms with E-state index in [2.05, 4.69) is 15.6 Å². The molecular weight excluding hydrogens is 770 g/mol. The summed E-state index contributed by atoms with van der Waals surface area (Å²) in [4.78, 5) is 48.1. The third-order valence-corrected chi connectivity index (χ3v) is 12.5. The molecule has 2 aromatic heterocycles. The number of aliphatic hydroxyl groups excluding tert-OH is 1. The zero-order valence-corrected chi connectivity index (χ0v) is 32.9. The van der Waals surface area contributed by atoms with Crippen LogP contribution in [-0.4, -0.2) is 99.1 Å². The van der Waals surface area contributed by atoms with Crippen LogP contribution in [0.25, 0.3) is 26.9 Å². The maximum Gasteiger partial charge on any atom is 0.253 e. The van der Waals surface area contributed by atoms with Gasteiger partial charge in [-0.25, -0.2) is 18.2 Å². The van der Waals surface area contributed by atoms with Crippen molar-refractivity contribution in [1.29, 1.82) is 0 Å². The molecule has 3 aliphatic heterocycles. The fraction of sp³-hybridized carbons (Fsp3) is 0.381. The molecule has 5 heterocycles. The minimum absolute atomic E-state index is 0.00491. The molecule has 0 radical (unpaired) electrons. The lowest BCUT2D eigenvalue weighted by Crippen LogP contribution is -2.43. The zero-order valence-electron chi connectivity index (χ0n) is 32.1. The van der Waals surface area contributed by atoms with Crippen LogP contribution in [0.4, 0.5) is 18.9 Å². The number of aryl methyl sites for hydroxylation is 1. The van der Waals surface area contributed by atoms with Crippen LogP contribution in [0.3, 0.4) is 0 Å². The molecular formula is C42H43F3N8O4S. The van der Waals surface area contributed by atoms with Crippen LogP contribution >= 0.6 is 11.3 Å². The van der Waals surface area contributed by atoms with Crippen molar-refractivity contribution in [2.75, 3.05) is 45.2 Å². The molecule has 3 aliphatic rings. The van der Waals surface area contributed by atoms with Gasteiger partial charge in [-0.3, -0.25) is 19.1 Å². The minimum atomic E-state index is -1.15. The van der Waals surface area contributed by atoms with E-state index < -0.39 is 29.6 Å². The Morgan fingerprint density at radius 1 is 0.983 bits per heavy atom. The molecule has 2 saturated heterocycles. The summed E-state index contributed by atoms with van der Waals surface area (Å²) >= 11 is 1.34. The number of anilines is 1. The fourth-order valence-electron chi connectivity index (χ4n) is 8.24. The van der Waals surface area contributed by atoms with Crippen LogP contribution < -0.4 is 10.2 Å². The zero-order chi connectivity index (χ0) is 40.7. The van der Waals surface area contributed by atoms with E-state index in [1.807, 2.05) is 11.0 Å². The van der Waals surface area contributed by atoms with Gasteiger partial charge in [0.2, 0.25) is 11.8 Å². The number of aliphatic hydroxyl groups is 1. The third-order valence-electron chi connectivity index (χ3n) is 11.4. The lowest BCUT2D eigenvalue weighted by atomic mass is 9.87. The summed E-state index contributed by atoms with van der Waals surface area (Å²) in [5.41, 5.74) is 3.14. The van der Waals surface area contributed by atoms with Gasteiger partial charge >= 0.3 is 0 Å². The van der Waals surface area contributed by atoms with Crippen molar-refractivity contribution < 1.29 is 32.7 Å². The van der Waals surface area contributed by atoms with E-state index in [9.17, 15) is 19.5 Å². The van der Waals surface area contributed by atoms with Crippen LogP contribution in [0.15, 0.2) is 60.9 Å². The van der Waals surface area contributed by atoms with Crippen molar-refractivity contribution in [3.63, 3.8) is 0 Å². The van der Waals surface area contributed by atoms with E-state index in [-0.39, 0.29) is 47.6 Å². The summed E-state index contributed by atoms with van der Waals surface area (Å²) in [6.45, 7) is 2.30. The highest BCUT2D eigenvalue weighted by Gasteiger charge is 2.32. The number of aromatic nitrogens is 4. The smallest absolute Gasteiger partial charge is 0.253 e. The largest absolute Gasteiger partial charge is 0.373 e. The van der Waals surface area contributed by atoms with Gasteiger partial charge in [0.15, 0.2) is 11.6 Å². The Kier molecular flexibility index (Phi) is 11.0. The Bertz CT molecular complexity index is 2410. The molecule has 302 valence electrons. The molecule has 5 aromatic rings. The average Bonchev–Trinajstić information content (AvgIpc) is 3.92. The first kappa shape index (κ1) is 39.2. The van der Waals surface area contributed by atoms with E-state index in [4.69, 9.17) is 4.98 Å². The average molecular weight is 813 g/mol. The maximum absolute atomic E-state index is 16.4.